The molecule has 2 aliphatic rings. The van der Waals surface area contributed by atoms with Crippen molar-refractivity contribution < 1.29 is 4.74 Å². The van der Waals surface area contributed by atoms with Gasteiger partial charge >= 0.3 is 0 Å². The number of aliphatic imine (C=N–C) groups is 1. The minimum absolute atomic E-state index is 0.255. The first kappa shape index (κ1) is 20.1. The van der Waals surface area contributed by atoms with Gasteiger partial charge in [0.25, 0.3) is 0 Å². The van der Waals surface area contributed by atoms with E-state index in [4.69, 9.17) is 17.0 Å². The van der Waals surface area contributed by atoms with Gasteiger partial charge in [-0.1, -0.05) is 30.8 Å². The highest BCUT2D eigenvalue weighted by Gasteiger charge is 2.17. The first-order valence-electron chi connectivity index (χ1n) is 9.42. The second-order valence-electron chi connectivity index (χ2n) is 6.65. The van der Waals surface area contributed by atoms with Crippen LogP contribution in [0, 0.1) is 0 Å². The second-order valence-corrected chi connectivity index (χ2v) is 8.35. The van der Waals surface area contributed by atoms with Gasteiger partial charge in [0, 0.05) is 24.1 Å². The lowest BCUT2D eigenvalue weighted by Gasteiger charge is -2.12. The number of rotatable bonds is 6. The van der Waals surface area contributed by atoms with E-state index in [0.717, 1.165) is 61.1 Å². The molecule has 8 heteroatoms. The summed E-state index contributed by atoms with van der Waals surface area (Å²) in [6, 6.07) is 8.18. The van der Waals surface area contributed by atoms with Crippen LogP contribution in [0.3, 0.4) is 0 Å². The predicted octanol–water partition coefficient (Wildman–Crippen LogP) is 3.35. The predicted molar refractivity (Wildman–Crippen MR) is 119 cm³/mol. The minimum Gasteiger partial charge on any atom is -0.376 e. The smallest absolute Gasteiger partial charge is 0.187 e. The molecular weight excluding hydrogens is 378 g/mol. The maximum absolute atomic E-state index is 5.57. The molecule has 3 rings (SSSR count). The third kappa shape index (κ3) is 6.19. The second kappa shape index (κ2) is 10.1. The van der Waals surface area contributed by atoms with Gasteiger partial charge in [-0.3, -0.25) is 10.4 Å². The van der Waals surface area contributed by atoms with Crippen LogP contribution < -0.4 is 16.1 Å². The molecule has 0 spiro atoms. The van der Waals surface area contributed by atoms with E-state index >= 15 is 0 Å². The van der Waals surface area contributed by atoms with E-state index in [9.17, 15) is 0 Å². The lowest BCUT2D eigenvalue weighted by Crippen LogP contribution is -2.37. The van der Waals surface area contributed by atoms with E-state index < -0.39 is 0 Å². The number of thiocarbonyl (C=S) groups is 1. The quantitative estimate of drug-likeness (QED) is 0.383. The van der Waals surface area contributed by atoms with Crippen LogP contribution in [0.2, 0.25) is 0 Å². The molecule has 0 amide bonds. The number of amidine groups is 1. The Morgan fingerprint density at radius 2 is 2.19 bits per heavy atom. The Labute approximate surface area is 170 Å². The zero-order valence-electron chi connectivity index (χ0n) is 15.8. The molecule has 0 aliphatic carbocycles. The summed E-state index contributed by atoms with van der Waals surface area (Å²) in [4.78, 5) is 4.54. The highest BCUT2D eigenvalue weighted by Crippen LogP contribution is 2.24. The molecule has 0 unspecified atom stereocenters. The molecule has 146 valence electrons. The number of anilines is 1. The molecule has 0 aromatic heterocycles. The Hall–Kier alpha value is -1.64. The highest BCUT2D eigenvalue weighted by atomic mass is 32.2. The Morgan fingerprint density at radius 3 is 2.85 bits per heavy atom. The van der Waals surface area contributed by atoms with Gasteiger partial charge in [0.15, 0.2) is 10.3 Å². The molecule has 0 radical (unpaired) electrons. The normalized spacial score (nSPS) is 22.4. The molecule has 0 bridgehead atoms. The zero-order valence-corrected chi connectivity index (χ0v) is 17.5. The number of hydrazone groups is 1. The summed E-state index contributed by atoms with van der Waals surface area (Å²) in [5, 5.41) is 13.0. The van der Waals surface area contributed by atoms with Crippen molar-refractivity contribution in [3.63, 3.8) is 0 Å². The van der Waals surface area contributed by atoms with Crippen LogP contribution in [0.5, 0.6) is 0 Å². The van der Waals surface area contributed by atoms with E-state index in [1.54, 1.807) is 0 Å². The standard InChI is InChI=1S/C19H27N5OS2/c1-3-17-12-21-19(27-17)22-15-8-6-14(7-9-15)13(2)23-24-18(26)20-11-16-5-4-10-25-16/h6-9,16-17H,3-5,10-12H2,1-2H3,(H,21,22)(H2,20,24,26)/b23-13-/t16-,17-/m1/s1. The Balaban J connectivity index is 1.45. The third-order valence-corrected chi connectivity index (χ3v) is 6.07. The van der Waals surface area contributed by atoms with E-state index in [0.29, 0.717) is 10.4 Å². The van der Waals surface area contributed by atoms with Crippen molar-refractivity contribution in [1.29, 1.82) is 0 Å². The van der Waals surface area contributed by atoms with Gasteiger partial charge in [-0.25, -0.2) is 0 Å². The lowest BCUT2D eigenvalue weighted by atomic mass is 10.1. The number of hydrogen-bond donors (Lipinski definition) is 3. The van der Waals surface area contributed by atoms with Crippen LogP contribution in [0.4, 0.5) is 5.69 Å². The monoisotopic (exact) mass is 405 g/mol. The topological polar surface area (TPSA) is 70.0 Å². The number of thioether (sulfide) groups is 1. The van der Waals surface area contributed by atoms with Crippen molar-refractivity contribution in [1.82, 2.24) is 10.7 Å². The molecule has 6 nitrogen and oxygen atoms in total. The highest BCUT2D eigenvalue weighted by molar-refractivity contribution is 8.15. The van der Waals surface area contributed by atoms with Crippen LogP contribution >= 0.6 is 24.0 Å². The third-order valence-electron chi connectivity index (χ3n) is 4.57. The molecule has 1 aromatic rings. The van der Waals surface area contributed by atoms with Crippen molar-refractivity contribution in [2.45, 2.75) is 44.5 Å². The number of nitrogens with zero attached hydrogens (tertiary/aromatic N) is 2. The first-order valence-corrected chi connectivity index (χ1v) is 10.7. The lowest BCUT2D eigenvalue weighted by molar-refractivity contribution is 0.114. The fourth-order valence-corrected chi connectivity index (χ4v) is 3.95. The van der Waals surface area contributed by atoms with Crippen molar-refractivity contribution >= 4 is 45.7 Å². The number of benzene rings is 1. The van der Waals surface area contributed by atoms with Crippen LogP contribution in [-0.2, 0) is 4.74 Å². The van der Waals surface area contributed by atoms with Gasteiger partial charge in [0.1, 0.15) is 0 Å². The van der Waals surface area contributed by atoms with Crippen LogP contribution in [-0.4, -0.2) is 47.0 Å². The van der Waals surface area contributed by atoms with Gasteiger partial charge in [0.2, 0.25) is 0 Å². The average Bonchev–Trinajstić information content (AvgIpc) is 3.36. The molecule has 3 N–H and O–H groups in total. The maximum atomic E-state index is 5.57. The summed E-state index contributed by atoms with van der Waals surface area (Å²) in [5.74, 6) is 0. The van der Waals surface area contributed by atoms with Crippen molar-refractivity contribution in [3.8, 4) is 0 Å². The van der Waals surface area contributed by atoms with E-state index in [1.165, 1.54) is 0 Å². The van der Waals surface area contributed by atoms with Crippen molar-refractivity contribution in [3.05, 3.63) is 29.8 Å². The SMILES string of the molecule is CC[C@@H]1CN=C(Nc2ccc(/C(C)=N\NC(=S)NC[C@H]3CCCO3)cc2)S1. The Morgan fingerprint density at radius 1 is 1.37 bits per heavy atom. The summed E-state index contributed by atoms with van der Waals surface area (Å²) in [6.45, 7) is 6.63. The van der Waals surface area contributed by atoms with Crippen LogP contribution in [0.1, 0.15) is 38.7 Å². The number of ether oxygens (including phenoxy) is 1. The van der Waals surface area contributed by atoms with Crippen molar-refractivity contribution in [2.24, 2.45) is 10.1 Å². The van der Waals surface area contributed by atoms with Gasteiger partial charge in [-0.15, -0.1) is 0 Å². The van der Waals surface area contributed by atoms with E-state index in [-0.39, 0.29) is 6.10 Å². The van der Waals surface area contributed by atoms with Gasteiger partial charge in [-0.05, 0) is 56.1 Å². The largest absolute Gasteiger partial charge is 0.376 e. The summed E-state index contributed by atoms with van der Waals surface area (Å²) in [5.41, 5.74) is 5.86. The molecule has 1 saturated heterocycles. The Kier molecular flexibility index (Phi) is 7.49. The number of nitrogens with one attached hydrogen (secondary N) is 3. The molecular formula is C19H27N5OS2. The zero-order chi connectivity index (χ0) is 19.1. The fourth-order valence-electron chi connectivity index (χ4n) is 2.87. The molecule has 27 heavy (non-hydrogen) atoms. The first-order chi connectivity index (χ1) is 13.1. The molecule has 0 saturated carbocycles. The number of hydrogen-bond acceptors (Lipinski definition) is 6. The van der Waals surface area contributed by atoms with Gasteiger partial charge in [0.05, 0.1) is 18.4 Å². The van der Waals surface area contributed by atoms with Crippen LogP contribution in [0.25, 0.3) is 0 Å². The fraction of sp³-hybridized carbons (Fsp3) is 0.526. The average molecular weight is 406 g/mol. The van der Waals surface area contributed by atoms with Crippen molar-refractivity contribution in [2.75, 3.05) is 25.0 Å². The summed E-state index contributed by atoms with van der Waals surface area (Å²) in [6.07, 6.45) is 3.61. The summed E-state index contributed by atoms with van der Waals surface area (Å²) < 4.78 is 5.57. The molecule has 2 aliphatic heterocycles. The summed E-state index contributed by atoms with van der Waals surface area (Å²) >= 11 is 7.08. The molecule has 2 atom stereocenters. The molecule has 1 fully saturated rings. The molecule has 1 aromatic carbocycles. The van der Waals surface area contributed by atoms with E-state index in [1.807, 2.05) is 43.0 Å². The van der Waals surface area contributed by atoms with Gasteiger partial charge < -0.3 is 15.4 Å². The minimum atomic E-state index is 0.255. The molecule has 2 heterocycles. The summed E-state index contributed by atoms with van der Waals surface area (Å²) in [7, 11) is 0. The van der Waals surface area contributed by atoms with Crippen LogP contribution in [0.15, 0.2) is 34.4 Å². The Bertz CT molecular complexity index is 699. The van der Waals surface area contributed by atoms with Gasteiger partial charge in [-0.2, -0.15) is 5.10 Å². The maximum Gasteiger partial charge on any atom is 0.187 e. The van der Waals surface area contributed by atoms with E-state index in [2.05, 4.69) is 33.1 Å².